The van der Waals surface area contributed by atoms with E-state index in [1.807, 2.05) is 57.9 Å². The fraction of sp³-hybridized carbons (Fsp3) is 0.243. The standard InChI is InChI=1S/C74H68N2O6S2/c1-7-9-11-13-17-48-42-64(84-69(48)45-23-29-50(30-24-45)75(51-31-25-46(26-32-51)73(79)80)52-33-27-47(28-34-52)74(81)82)70-49(18-14-12-10-8-2)41-63(83-70)55-35-36-58-60-38-40-62-67-61(39-37-59(66(60)67)57-22-16-21-56(55)65(57)58)71(77)76(72(62)78)68-53(43(3)4)19-15-20-54(68)44(5)6/h15-16,19-44H,7-14,17-18H2,1-6H3,(H,79,80)(H,81,82). The second-order valence-corrected chi connectivity index (χ2v) is 25.2. The Morgan fingerprint density at radius 3 is 1.42 bits per heavy atom. The van der Waals surface area contributed by atoms with E-state index in [1.54, 1.807) is 48.5 Å². The van der Waals surface area contributed by atoms with Crippen molar-refractivity contribution < 1.29 is 29.4 Å². The highest BCUT2D eigenvalue weighted by molar-refractivity contribution is 7.25. The highest BCUT2D eigenvalue weighted by atomic mass is 32.1. The molecule has 0 atom stereocenters. The number of imide groups is 1. The molecule has 1 aliphatic rings. The van der Waals surface area contributed by atoms with E-state index >= 15 is 0 Å². The molecule has 84 heavy (non-hydrogen) atoms. The number of anilines is 4. The number of thiophene rings is 2. The molecule has 11 aromatic rings. The summed E-state index contributed by atoms with van der Waals surface area (Å²) in [6, 6.07) is 52.4. The van der Waals surface area contributed by atoms with Gasteiger partial charge in [-0.25, -0.2) is 14.5 Å². The molecule has 8 nitrogen and oxygen atoms in total. The summed E-state index contributed by atoms with van der Waals surface area (Å²) in [7, 11) is 0. The van der Waals surface area contributed by atoms with Crippen LogP contribution in [0.1, 0.15) is 168 Å². The monoisotopic (exact) mass is 1140 g/mol. The smallest absolute Gasteiger partial charge is 0.335 e. The molecule has 0 fully saturated rings. The zero-order valence-corrected chi connectivity index (χ0v) is 50.1. The van der Waals surface area contributed by atoms with Gasteiger partial charge in [0.05, 0.1) is 16.8 Å². The van der Waals surface area contributed by atoms with Crippen molar-refractivity contribution >= 4 is 112 Å². The van der Waals surface area contributed by atoms with Gasteiger partial charge in [0.15, 0.2) is 0 Å². The summed E-state index contributed by atoms with van der Waals surface area (Å²) in [5, 5.41) is 27.7. The Morgan fingerprint density at radius 1 is 0.464 bits per heavy atom. The van der Waals surface area contributed by atoms with Crippen molar-refractivity contribution in [2.24, 2.45) is 0 Å². The minimum atomic E-state index is -1.01. The summed E-state index contributed by atoms with van der Waals surface area (Å²) >= 11 is 3.76. The number of carboxylic acid groups (broad SMARTS) is 2. The molecule has 0 radical (unpaired) electrons. The molecule has 12 rings (SSSR count). The number of carbonyl (C=O) groups excluding carboxylic acids is 2. The number of fused-ring (bicyclic) bond motifs is 2. The Labute approximate surface area is 499 Å². The molecule has 422 valence electrons. The van der Waals surface area contributed by atoms with Gasteiger partial charge in [-0.15, -0.1) is 22.7 Å². The lowest BCUT2D eigenvalue weighted by Gasteiger charge is -2.32. The number of rotatable bonds is 21. The van der Waals surface area contributed by atoms with Crippen molar-refractivity contribution in [3.05, 3.63) is 202 Å². The first-order valence-electron chi connectivity index (χ1n) is 29.8. The predicted molar refractivity (Wildman–Crippen MR) is 350 cm³/mol. The number of aromatic carboxylic acids is 2. The van der Waals surface area contributed by atoms with E-state index in [4.69, 9.17) is 0 Å². The van der Waals surface area contributed by atoms with E-state index in [-0.39, 0.29) is 34.8 Å². The first kappa shape index (κ1) is 56.1. The van der Waals surface area contributed by atoms with Crippen LogP contribution in [-0.4, -0.2) is 34.0 Å². The molecule has 2 amide bonds. The van der Waals surface area contributed by atoms with Crippen LogP contribution < -0.4 is 9.80 Å². The third-order valence-electron chi connectivity index (χ3n) is 17.1. The zero-order valence-electron chi connectivity index (χ0n) is 48.5. The number of para-hydroxylation sites is 1. The maximum atomic E-state index is 15.0. The molecular weight excluding hydrogens is 1080 g/mol. The van der Waals surface area contributed by atoms with Crippen LogP contribution in [0.2, 0.25) is 0 Å². The number of benzene rings is 9. The third kappa shape index (κ3) is 10.0. The van der Waals surface area contributed by atoms with Crippen LogP contribution in [0.5, 0.6) is 0 Å². The Hall–Kier alpha value is -8.44. The second-order valence-electron chi connectivity index (χ2n) is 23.1. The number of hydrogen-bond acceptors (Lipinski definition) is 7. The number of nitrogens with zero attached hydrogens (tertiary/aromatic N) is 2. The van der Waals surface area contributed by atoms with E-state index in [1.165, 1.54) is 77.6 Å². The van der Waals surface area contributed by atoms with Crippen molar-refractivity contribution in [3.8, 4) is 30.6 Å². The van der Waals surface area contributed by atoms with E-state index < -0.39 is 11.9 Å². The van der Waals surface area contributed by atoms with E-state index in [0.29, 0.717) is 16.8 Å². The molecule has 2 aromatic heterocycles. The van der Waals surface area contributed by atoms with E-state index in [9.17, 15) is 29.4 Å². The van der Waals surface area contributed by atoms with Gasteiger partial charge >= 0.3 is 11.9 Å². The highest BCUT2D eigenvalue weighted by Gasteiger charge is 2.38. The summed E-state index contributed by atoms with van der Waals surface area (Å²) in [4.78, 5) is 62.2. The molecule has 0 saturated carbocycles. The van der Waals surface area contributed by atoms with Gasteiger partial charge in [-0.2, -0.15) is 0 Å². The maximum absolute atomic E-state index is 15.0. The van der Waals surface area contributed by atoms with Crippen molar-refractivity contribution in [2.45, 2.75) is 118 Å². The van der Waals surface area contributed by atoms with Crippen molar-refractivity contribution in [1.29, 1.82) is 0 Å². The van der Waals surface area contributed by atoms with Crippen LogP contribution in [0.25, 0.3) is 73.7 Å². The molecule has 9 aromatic carbocycles. The van der Waals surface area contributed by atoms with Gasteiger partial charge in [0.2, 0.25) is 0 Å². The summed E-state index contributed by atoms with van der Waals surface area (Å²) in [6.07, 6.45) is 11.2. The lowest BCUT2D eigenvalue weighted by Crippen LogP contribution is -2.41. The van der Waals surface area contributed by atoms with Gasteiger partial charge in [0.25, 0.3) is 11.8 Å². The number of carboxylic acids is 2. The normalized spacial score (nSPS) is 12.6. The molecule has 0 saturated heterocycles. The quantitative estimate of drug-likeness (QED) is 0.0319. The van der Waals surface area contributed by atoms with Crippen LogP contribution in [0.4, 0.5) is 22.7 Å². The summed E-state index contributed by atoms with van der Waals surface area (Å²) < 4.78 is 0. The SMILES string of the molecule is CCCCCCc1cc(-c2sc(-c3ccc4c5ccc6c7c(ccc(c8cccc3c84)c75)C(=O)N(c3c(C(C)C)cccc3C(C)C)C6=O)cc2CCCCCC)sc1-c1ccc(N(c2ccc(C(=O)O)cc2)c2ccc(C(=O)O)cc2)cc1. The first-order chi connectivity index (χ1) is 40.8. The lowest BCUT2D eigenvalue weighted by atomic mass is 9.83. The zero-order chi connectivity index (χ0) is 58.5. The third-order valence-corrected chi connectivity index (χ3v) is 19.7. The van der Waals surface area contributed by atoms with Gasteiger partial charge in [-0.3, -0.25) is 9.59 Å². The van der Waals surface area contributed by atoms with Gasteiger partial charge in [0, 0.05) is 53.1 Å². The molecule has 10 heteroatoms. The van der Waals surface area contributed by atoms with Crippen LogP contribution in [0, 0.1) is 0 Å². The van der Waals surface area contributed by atoms with Crippen LogP contribution in [0.3, 0.4) is 0 Å². The first-order valence-corrected chi connectivity index (χ1v) is 31.4. The fourth-order valence-corrected chi connectivity index (χ4v) is 15.4. The van der Waals surface area contributed by atoms with Gasteiger partial charge in [-0.05, 0) is 194 Å². The predicted octanol–water partition coefficient (Wildman–Crippen LogP) is 21.0. The highest BCUT2D eigenvalue weighted by Crippen LogP contribution is 2.51. The molecule has 0 aliphatic carbocycles. The van der Waals surface area contributed by atoms with Crippen molar-refractivity contribution in [2.75, 3.05) is 9.80 Å². The topological polar surface area (TPSA) is 115 Å². The number of amides is 2. The van der Waals surface area contributed by atoms with Crippen molar-refractivity contribution in [1.82, 2.24) is 0 Å². The van der Waals surface area contributed by atoms with E-state index in [2.05, 4.69) is 120 Å². The van der Waals surface area contributed by atoms with Crippen molar-refractivity contribution in [3.63, 3.8) is 0 Å². The minimum absolute atomic E-state index is 0.107. The number of aryl methyl sites for hydroxylation is 2. The molecule has 0 spiro atoms. The average Bonchev–Trinajstić information content (AvgIpc) is 0.970. The Kier molecular flexibility index (Phi) is 15.6. The minimum Gasteiger partial charge on any atom is -0.478 e. The van der Waals surface area contributed by atoms with E-state index in [0.717, 1.165) is 105 Å². The van der Waals surface area contributed by atoms with Crippen LogP contribution in [0.15, 0.2) is 158 Å². The molecule has 1 aliphatic heterocycles. The average molecular weight is 1150 g/mol. The molecule has 2 N–H and O–H groups in total. The Morgan fingerprint density at radius 2 is 0.905 bits per heavy atom. The fourth-order valence-electron chi connectivity index (χ4n) is 12.8. The van der Waals surface area contributed by atoms with Gasteiger partial charge in [-0.1, -0.05) is 153 Å². The molecular formula is C74H68N2O6S2. The summed E-state index contributed by atoms with van der Waals surface area (Å²) in [5.74, 6) is -2.35. The van der Waals surface area contributed by atoms with Crippen LogP contribution in [-0.2, 0) is 12.8 Å². The Bertz CT molecular complexity index is 4190. The number of unbranched alkanes of at least 4 members (excludes halogenated alkanes) is 6. The lowest BCUT2D eigenvalue weighted by molar-refractivity contribution is 0.0686. The maximum Gasteiger partial charge on any atom is 0.335 e. The number of hydrogen-bond donors (Lipinski definition) is 2. The molecule has 0 unspecified atom stereocenters. The number of carbonyl (C=O) groups is 4. The molecule has 0 bridgehead atoms. The largest absolute Gasteiger partial charge is 0.478 e. The van der Waals surface area contributed by atoms with Crippen LogP contribution >= 0.6 is 22.7 Å². The molecule has 3 heterocycles. The summed E-state index contributed by atoms with van der Waals surface area (Å²) in [6.45, 7) is 13.0. The second kappa shape index (κ2) is 23.3. The summed E-state index contributed by atoms with van der Waals surface area (Å²) in [5.41, 5.74) is 11.5. The van der Waals surface area contributed by atoms with Gasteiger partial charge in [0.1, 0.15) is 0 Å². The Balaban J connectivity index is 0.949. The van der Waals surface area contributed by atoms with Gasteiger partial charge < -0.3 is 15.1 Å².